The summed E-state index contributed by atoms with van der Waals surface area (Å²) in [5, 5.41) is 8.34. The van der Waals surface area contributed by atoms with Gasteiger partial charge in [0.25, 0.3) is 0 Å². The fraction of sp³-hybridized carbons (Fsp3) is 0.852. The van der Waals surface area contributed by atoms with Gasteiger partial charge in [-0.3, -0.25) is 0 Å². The summed E-state index contributed by atoms with van der Waals surface area (Å²) in [7, 11) is 3.34. The van der Waals surface area contributed by atoms with Crippen LogP contribution in [0.15, 0.2) is 22.8 Å². The minimum atomic E-state index is -0.150. The van der Waals surface area contributed by atoms with E-state index >= 15 is 0 Å². The zero-order valence-electron chi connectivity index (χ0n) is 21.9. The number of hydrogen-bond acceptors (Lipinski definition) is 2. The van der Waals surface area contributed by atoms with E-state index in [1.807, 2.05) is 0 Å². The second-order valence-corrected chi connectivity index (χ2v) is 18.2. The Labute approximate surface area is 197 Å². The summed E-state index contributed by atoms with van der Waals surface area (Å²) >= 11 is 0. The van der Waals surface area contributed by atoms with Crippen molar-refractivity contribution in [2.24, 2.45) is 17.3 Å². The van der Waals surface area contributed by atoms with Crippen LogP contribution >= 0.6 is 17.2 Å². The highest BCUT2D eigenvalue weighted by atomic mass is 31.1. The SMILES string of the molecule is CC(C)(C)C1=CC(CP(C(C)(C)C)C(C)(C)C)=C(C(P)(C2CCNC2)C2CCNC2)C1. The molecule has 0 bridgehead atoms. The minimum absolute atomic E-state index is 0.150. The molecule has 2 saturated heterocycles. The van der Waals surface area contributed by atoms with Crippen molar-refractivity contribution in [2.45, 2.75) is 97.0 Å². The van der Waals surface area contributed by atoms with E-state index in [0.717, 1.165) is 11.8 Å². The Morgan fingerprint density at radius 2 is 1.35 bits per heavy atom. The summed E-state index contributed by atoms with van der Waals surface area (Å²) in [6, 6.07) is 0. The molecule has 3 rings (SSSR count). The highest BCUT2D eigenvalue weighted by Gasteiger charge is 2.49. The van der Waals surface area contributed by atoms with Crippen LogP contribution in [0.25, 0.3) is 0 Å². The van der Waals surface area contributed by atoms with Crippen LogP contribution in [-0.2, 0) is 0 Å². The molecule has 3 unspecified atom stereocenters. The molecule has 0 amide bonds. The van der Waals surface area contributed by atoms with Crippen LogP contribution < -0.4 is 10.6 Å². The lowest BCUT2D eigenvalue weighted by Crippen LogP contribution is -2.44. The molecule has 2 N–H and O–H groups in total. The van der Waals surface area contributed by atoms with Gasteiger partial charge >= 0.3 is 0 Å². The van der Waals surface area contributed by atoms with Crippen LogP contribution in [0.2, 0.25) is 0 Å². The van der Waals surface area contributed by atoms with Gasteiger partial charge in [0.05, 0.1) is 0 Å². The maximum Gasteiger partial charge on any atom is 0.0147 e. The maximum atomic E-state index is 3.70. The van der Waals surface area contributed by atoms with Crippen LogP contribution in [0.5, 0.6) is 0 Å². The first-order valence-electron chi connectivity index (χ1n) is 12.6. The van der Waals surface area contributed by atoms with Gasteiger partial charge in [0.1, 0.15) is 0 Å². The van der Waals surface area contributed by atoms with Crippen molar-refractivity contribution in [3.05, 3.63) is 22.8 Å². The third-order valence-electron chi connectivity index (χ3n) is 8.01. The molecule has 2 fully saturated rings. The van der Waals surface area contributed by atoms with Gasteiger partial charge in [0, 0.05) is 5.16 Å². The topological polar surface area (TPSA) is 24.1 Å². The molecule has 0 aromatic rings. The first kappa shape index (κ1) is 25.9. The van der Waals surface area contributed by atoms with E-state index in [-0.39, 0.29) is 18.5 Å². The van der Waals surface area contributed by atoms with E-state index in [2.05, 4.69) is 88.3 Å². The average molecular weight is 465 g/mol. The molecule has 0 radical (unpaired) electrons. The number of nitrogens with one attached hydrogen (secondary N) is 2. The van der Waals surface area contributed by atoms with Gasteiger partial charge in [-0.1, -0.05) is 87.5 Å². The van der Waals surface area contributed by atoms with Crippen molar-refractivity contribution in [1.29, 1.82) is 0 Å². The molecule has 2 aliphatic heterocycles. The summed E-state index contributed by atoms with van der Waals surface area (Å²) in [5.41, 5.74) is 5.38. The Bertz CT molecular complexity index is 673. The van der Waals surface area contributed by atoms with E-state index in [1.54, 1.807) is 16.7 Å². The smallest absolute Gasteiger partial charge is 0.0147 e. The second kappa shape index (κ2) is 9.13. The zero-order chi connectivity index (χ0) is 23.2. The number of allylic oxidation sites excluding steroid dienone is 4. The van der Waals surface area contributed by atoms with Gasteiger partial charge in [-0.05, 0) is 84.7 Å². The Kier molecular flexibility index (Phi) is 7.62. The fourth-order valence-electron chi connectivity index (χ4n) is 6.31. The molecule has 0 spiro atoms. The molecule has 31 heavy (non-hydrogen) atoms. The lowest BCUT2D eigenvalue weighted by molar-refractivity contribution is 0.329. The summed E-state index contributed by atoms with van der Waals surface area (Å²) in [4.78, 5) is 0. The van der Waals surface area contributed by atoms with Crippen molar-refractivity contribution in [3.8, 4) is 0 Å². The number of rotatable bonds is 5. The van der Waals surface area contributed by atoms with Crippen molar-refractivity contribution in [2.75, 3.05) is 32.3 Å². The first-order valence-corrected chi connectivity index (χ1v) is 14.7. The fourth-order valence-corrected chi connectivity index (χ4v) is 10.7. The molecule has 3 atom stereocenters. The molecular weight excluding hydrogens is 414 g/mol. The van der Waals surface area contributed by atoms with E-state index < -0.39 is 0 Å². The Balaban J connectivity index is 2.09. The number of hydrogen-bond donors (Lipinski definition) is 2. The second-order valence-electron chi connectivity index (χ2n) is 13.3. The average Bonchev–Trinajstić information content (AvgIpc) is 3.38. The molecule has 178 valence electrons. The highest BCUT2D eigenvalue weighted by Crippen LogP contribution is 2.62. The normalized spacial score (nSPS) is 27.9. The van der Waals surface area contributed by atoms with Gasteiger partial charge in [-0.25, -0.2) is 0 Å². The molecule has 3 aliphatic rings. The molecule has 2 nitrogen and oxygen atoms in total. The maximum absolute atomic E-state index is 3.70. The molecule has 0 saturated carbocycles. The molecule has 0 aromatic heterocycles. The zero-order valence-corrected chi connectivity index (χ0v) is 24.0. The van der Waals surface area contributed by atoms with E-state index in [4.69, 9.17) is 0 Å². The Morgan fingerprint density at radius 1 is 0.871 bits per heavy atom. The predicted molar refractivity (Wildman–Crippen MR) is 145 cm³/mol. The van der Waals surface area contributed by atoms with Crippen molar-refractivity contribution in [1.82, 2.24) is 10.6 Å². The molecule has 4 heteroatoms. The summed E-state index contributed by atoms with van der Waals surface area (Å²) < 4.78 is 0. The molecular formula is C27H50N2P2. The molecule has 2 heterocycles. The van der Waals surface area contributed by atoms with Gasteiger partial charge < -0.3 is 10.6 Å². The lowest BCUT2D eigenvalue weighted by atomic mass is 9.71. The van der Waals surface area contributed by atoms with E-state index in [9.17, 15) is 0 Å². The van der Waals surface area contributed by atoms with Crippen LogP contribution in [-0.4, -0.2) is 47.8 Å². The van der Waals surface area contributed by atoms with Gasteiger partial charge in [0.15, 0.2) is 0 Å². The Morgan fingerprint density at radius 3 is 1.71 bits per heavy atom. The highest BCUT2D eigenvalue weighted by molar-refractivity contribution is 7.61. The van der Waals surface area contributed by atoms with Crippen molar-refractivity contribution < 1.29 is 0 Å². The van der Waals surface area contributed by atoms with Crippen LogP contribution in [0.4, 0.5) is 0 Å². The monoisotopic (exact) mass is 464 g/mol. The van der Waals surface area contributed by atoms with Crippen LogP contribution in [0.3, 0.4) is 0 Å². The third-order valence-corrected chi connectivity index (χ3v) is 13.2. The van der Waals surface area contributed by atoms with E-state index in [1.165, 1.54) is 51.6 Å². The summed E-state index contributed by atoms with van der Waals surface area (Å²) in [6.07, 6.45) is 7.75. The van der Waals surface area contributed by atoms with Gasteiger partial charge in [0.2, 0.25) is 0 Å². The lowest BCUT2D eigenvalue weighted by Gasteiger charge is -2.45. The predicted octanol–water partition coefficient (Wildman–Crippen LogP) is 6.57. The van der Waals surface area contributed by atoms with Crippen LogP contribution in [0, 0.1) is 17.3 Å². The van der Waals surface area contributed by atoms with Gasteiger partial charge in [-0.2, -0.15) is 0 Å². The largest absolute Gasteiger partial charge is 0.316 e. The molecule has 0 aromatic carbocycles. The standard InChI is InChI=1S/C27H50N2P2/c1-24(2,3)22-14-19(18-31(25(4,5)6)26(7,8)9)23(15-22)27(30,20-10-12-28-16-20)21-11-13-29-17-21/h14,20-21,28-29H,10-13,15-18,30H2,1-9H3. The van der Waals surface area contributed by atoms with Crippen molar-refractivity contribution >= 4 is 17.2 Å². The Hall–Kier alpha value is 0.260. The van der Waals surface area contributed by atoms with Gasteiger partial charge in [-0.15, -0.1) is 9.24 Å². The van der Waals surface area contributed by atoms with E-state index in [0.29, 0.717) is 10.3 Å². The third kappa shape index (κ3) is 5.50. The minimum Gasteiger partial charge on any atom is -0.316 e. The quantitative estimate of drug-likeness (QED) is 0.450. The first-order chi connectivity index (χ1) is 14.1. The molecule has 1 aliphatic carbocycles. The van der Waals surface area contributed by atoms with Crippen LogP contribution in [0.1, 0.15) is 81.6 Å². The summed E-state index contributed by atoms with van der Waals surface area (Å²) in [6.45, 7) is 26.8. The van der Waals surface area contributed by atoms with Crippen molar-refractivity contribution in [3.63, 3.8) is 0 Å². The summed E-state index contributed by atoms with van der Waals surface area (Å²) in [5.74, 6) is 1.46.